The molecule has 3 aromatic carbocycles. The van der Waals surface area contributed by atoms with Crippen molar-refractivity contribution in [3.05, 3.63) is 124 Å². The maximum atomic E-state index is 14.9. The minimum absolute atomic E-state index is 0.0313. The number of benzene rings is 3. The molecule has 0 aliphatic carbocycles. The summed E-state index contributed by atoms with van der Waals surface area (Å²) in [5.74, 6) is -1.15. The Kier molecular flexibility index (Phi) is 7.39. The van der Waals surface area contributed by atoms with Crippen molar-refractivity contribution in [2.75, 3.05) is 0 Å². The van der Waals surface area contributed by atoms with Crippen molar-refractivity contribution in [3.8, 4) is 11.1 Å². The molecule has 0 spiro atoms. The summed E-state index contributed by atoms with van der Waals surface area (Å²) in [5, 5.41) is 11.1. The largest absolute Gasteiger partial charge is 0.478 e. The molecule has 4 aromatic rings. The van der Waals surface area contributed by atoms with Crippen LogP contribution in [0.2, 0.25) is 10.0 Å². The third-order valence-electron chi connectivity index (χ3n) is 6.68. The van der Waals surface area contributed by atoms with E-state index < -0.39 is 30.2 Å². The van der Waals surface area contributed by atoms with Crippen LogP contribution in [0.1, 0.15) is 39.6 Å². The Morgan fingerprint density at radius 1 is 1.00 bits per heavy atom. The number of nitrogens with zero attached hydrogens (tertiary/aromatic N) is 2. The molecule has 1 saturated heterocycles. The second kappa shape index (κ2) is 10.6. The normalized spacial score (nSPS) is 19.8. The first-order chi connectivity index (χ1) is 18.6. The molecule has 1 aliphatic rings. The molecule has 2 unspecified atom stereocenters. The lowest BCUT2D eigenvalue weighted by Crippen LogP contribution is -2.43. The quantitative estimate of drug-likeness (QED) is 0.253. The molecule has 0 bridgehead atoms. The molecular weight excluding hydrogens is 552 g/mol. The number of pyridine rings is 1. The fourth-order valence-corrected chi connectivity index (χ4v) is 5.38. The maximum Gasteiger partial charge on any atom is 0.423 e. The number of aromatic carboxylic acids is 1. The van der Waals surface area contributed by atoms with Gasteiger partial charge in [0.2, 0.25) is 5.60 Å². The fraction of sp³-hybridized carbons (Fsp3) is 0.172. The highest BCUT2D eigenvalue weighted by atomic mass is 35.5. The van der Waals surface area contributed by atoms with E-state index >= 15 is 0 Å². The van der Waals surface area contributed by atoms with Crippen LogP contribution in [0.4, 0.5) is 13.2 Å². The van der Waals surface area contributed by atoms with E-state index in [1.165, 1.54) is 35.4 Å². The molecular formula is C29H21Cl2F3N2O3. The number of alkyl halides is 3. The number of hydrogen-bond acceptors (Lipinski definition) is 4. The van der Waals surface area contributed by atoms with Crippen LogP contribution >= 0.6 is 23.2 Å². The number of carboxylic acids is 1. The van der Waals surface area contributed by atoms with E-state index in [1.54, 1.807) is 60.8 Å². The number of halogens is 5. The molecule has 200 valence electrons. The van der Waals surface area contributed by atoms with Gasteiger partial charge in [-0.15, -0.1) is 0 Å². The standard InChI is InChI=1S/C29H21Cl2F3N2O3/c30-21-13-20(14-22(31)15-21)28(29(32,33)34)16-26(36(39-28)17-23-8-4-5-11-35-23)19-9-10-24(27(37)38)25(12-19)18-6-2-1-3-7-18/h1-15,26H,16-17H2,(H,37,38). The maximum absolute atomic E-state index is 14.9. The molecule has 1 aromatic heterocycles. The zero-order valence-corrected chi connectivity index (χ0v) is 21.7. The van der Waals surface area contributed by atoms with Crippen LogP contribution in [0.25, 0.3) is 11.1 Å². The predicted molar refractivity (Wildman–Crippen MR) is 141 cm³/mol. The molecule has 0 saturated carbocycles. The van der Waals surface area contributed by atoms with Gasteiger partial charge in [-0.3, -0.25) is 9.82 Å². The summed E-state index contributed by atoms with van der Waals surface area (Å²) in [6, 6.07) is 21.3. The van der Waals surface area contributed by atoms with Crippen LogP contribution in [0.5, 0.6) is 0 Å². The van der Waals surface area contributed by atoms with Gasteiger partial charge in [0.25, 0.3) is 0 Å². The van der Waals surface area contributed by atoms with Gasteiger partial charge in [-0.2, -0.15) is 18.2 Å². The summed E-state index contributed by atoms with van der Waals surface area (Å²) in [6.07, 6.45) is -3.83. The van der Waals surface area contributed by atoms with Gasteiger partial charge >= 0.3 is 12.1 Å². The number of carbonyl (C=O) groups is 1. The number of rotatable bonds is 6. The molecule has 1 fully saturated rings. The monoisotopic (exact) mass is 572 g/mol. The van der Waals surface area contributed by atoms with Crippen molar-refractivity contribution in [2.45, 2.75) is 30.8 Å². The number of aromatic nitrogens is 1. The Labute approximate surface area is 232 Å². The van der Waals surface area contributed by atoms with Crippen LogP contribution in [0.3, 0.4) is 0 Å². The van der Waals surface area contributed by atoms with Crippen molar-refractivity contribution in [2.24, 2.45) is 0 Å². The van der Waals surface area contributed by atoms with E-state index in [1.807, 2.05) is 0 Å². The SMILES string of the molecule is O=C(O)c1ccc(C2CC(c3cc(Cl)cc(Cl)c3)(C(F)(F)F)ON2Cc2ccccn2)cc1-c1ccccc1. The van der Waals surface area contributed by atoms with E-state index in [-0.39, 0.29) is 27.7 Å². The highest BCUT2D eigenvalue weighted by Crippen LogP contribution is 2.56. The van der Waals surface area contributed by atoms with Crippen LogP contribution in [0, 0.1) is 0 Å². The molecule has 5 nitrogen and oxygen atoms in total. The van der Waals surface area contributed by atoms with Crippen molar-refractivity contribution >= 4 is 29.2 Å². The third kappa shape index (κ3) is 5.38. The Balaban J connectivity index is 1.67. The minimum atomic E-state index is -4.85. The molecule has 10 heteroatoms. The van der Waals surface area contributed by atoms with Crippen molar-refractivity contribution in [3.63, 3.8) is 0 Å². The van der Waals surface area contributed by atoms with E-state index in [9.17, 15) is 23.1 Å². The highest BCUT2D eigenvalue weighted by molar-refractivity contribution is 6.34. The molecule has 1 N–H and O–H groups in total. The summed E-state index contributed by atoms with van der Waals surface area (Å²) in [4.78, 5) is 22.1. The van der Waals surface area contributed by atoms with Crippen LogP contribution in [-0.2, 0) is 17.0 Å². The lowest BCUT2D eigenvalue weighted by Gasteiger charge is -2.31. The topological polar surface area (TPSA) is 62.7 Å². The number of hydroxylamine groups is 2. The Bertz CT molecular complexity index is 1480. The Morgan fingerprint density at radius 2 is 1.69 bits per heavy atom. The van der Waals surface area contributed by atoms with Gasteiger partial charge in [0.05, 0.1) is 23.8 Å². The highest BCUT2D eigenvalue weighted by Gasteiger charge is 2.64. The zero-order chi connectivity index (χ0) is 27.8. The number of carboxylic acid groups (broad SMARTS) is 1. The van der Waals surface area contributed by atoms with E-state index in [0.29, 0.717) is 22.4 Å². The van der Waals surface area contributed by atoms with Gasteiger partial charge in [-0.25, -0.2) is 4.79 Å². The van der Waals surface area contributed by atoms with Crippen LogP contribution in [-0.4, -0.2) is 27.3 Å². The second-order valence-electron chi connectivity index (χ2n) is 9.17. The summed E-state index contributed by atoms with van der Waals surface area (Å²) >= 11 is 12.2. The van der Waals surface area contributed by atoms with Gasteiger partial charge in [0.15, 0.2) is 0 Å². The summed E-state index contributed by atoms with van der Waals surface area (Å²) in [7, 11) is 0. The summed E-state index contributed by atoms with van der Waals surface area (Å²) in [5.41, 5.74) is -1.01. The first-order valence-corrected chi connectivity index (χ1v) is 12.6. The minimum Gasteiger partial charge on any atom is -0.478 e. The lowest BCUT2D eigenvalue weighted by molar-refractivity contribution is -0.330. The van der Waals surface area contributed by atoms with E-state index in [2.05, 4.69) is 4.98 Å². The third-order valence-corrected chi connectivity index (χ3v) is 7.11. The lowest BCUT2D eigenvalue weighted by atomic mass is 9.84. The smallest absolute Gasteiger partial charge is 0.423 e. The zero-order valence-electron chi connectivity index (χ0n) is 20.2. The van der Waals surface area contributed by atoms with Gasteiger partial charge < -0.3 is 5.11 Å². The molecule has 2 atom stereocenters. The first-order valence-electron chi connectivity index (χ1n) is 11.9. The molecule has 2 heterocycles. The predicted octanol–water partition coefficient (Wildman–Crippen LogP) is 8.09. The molecule has 0 amide bonds. The van der Waals surface area contributed by atoms with E-state index in [4.69, 9.17) is 28.0 Å². The average Bonchev–Trinajstić information content (AvgIpc) is 3.29. The van der Waals surface area contributed by atoms with Gasteiger partial charge in [-0.1, -0.05) is 65.7 Å². The van der Waals surface area contributed by atoms with Crippen molar-refractivity contribution in [1.82, 2.24) is 10.0 Å². The average molecular weight is 573 g/mol. The molecule has 5 rings (SSSR count). The van der Waals surface area contributed by atoms with Crippen molar-refractivity contribution < 1.29 is 27.9 Å². The van der Waals surface area contributed by atoms with Gasteiger partial charge in [0, 0.05) is 22.7 Å². The second-order valence-corrected chi connectivity index (χ2v) is 10.0. The Morgan fingerprint density at radius 3 is 2.31 bits per heavy atom. The van der Waals surface area contributed by atoms with Crippen LogP contribution < -0.4 is 0 Å². The molecule has 39 heavy (non-hydrogen) atoms. The first kappa shape index (κ1) is 27.1. The Hall–Kier alpha value is -3.43. The number of hydrogen-bond donors (Lipinski definition) is 1. The van der Waals surface area contributed by atoms with Gasteiger partial charge in [-0.05, 0) is 64.7 Å². The van der Waals surface area contributed by atoms with Gasteiger partial charge in [0.1, 0.15) is 0 Å². The molecule has 1 aliphatic heterocycles. The summed E-state index contributed by atoms with van der Waals surface area (Å²) in [6.45, 7) is -0.0566. The summed E-state index contributed by atoms with van der Waals surface area (Å²) < 4.78 is 44.8. The fourth-order valence-electron chi connectivity index (χ4n) is 4.85. The molecule has 0 radical (unpaired) electrons. The van der Waals surface area contributed by atoms with Crippen molar-refractivity contribution in [1.29, 1.82) is 0 Å². The van der Waals surface area contributed by atoms with Crippen LogP contribution in [0.15, 0.2) is 91.1 Å². The van der Waals surface area contributed by atoms with E-state index in [0.717, 1.165) is 0 Å².